The first-order chi connectivity index (χ1) is 9.52. The van der Waals surface area contributed by atoms with Gasteiger partial charge in [-0.3, -0.25) is 4.90 Å². The molecule has 1 fully saturated rings. The summed E-state index contributed by atoms with van der Waals surface area (Å²) in [6.45, 7) is 14.0. The summed E-state index contributed by atoms with van der Waals surface area (Å²) in [5.74, 6) is 1.65. The number of hydrogen-bond donors (Lipinski definition) is 1. The van der Waals surface area contributed by atoms with Gasteiger partial charge in [-0.1, -0.05) is 32.9 Å². The zero-order valence-corrected chi connectivity index (χ0v) is 13.9. The Morgan fingerprint density at radius 1 is 1.40 bits per heavy atom. The molecule has 0 aliphatic carbocycles. The minimum Gasteiger partial charge on any atom is -0.360 e. The summed E-state index contributed by atoms with van der Waals surface area (Å²) < 4.78 is 5.46. The highest BCUT2D eigenvalue weighted by Gasteiger charge is 2.23. The SMILES string of the molecule is CC(C)CNCc1cc(CN2CC(C)SC(C)C2)on1. The van der Waals surface area contributed by atoms with E-state index in [2.05, 4.69) is 60.9 Å². The molecule has 0 aromatic carbocycles. The quantitative estimate of drug-likeness (QED) is 0.874. The Balaban J connectivity index is 1.80. The largest absolute Gasteiger partial charge is 0.360 e. The summed E-state index contributed by atoms with van der Waals surface area (Å²) in [4.78, 5) is 2.47. The first kappa shape index (κ1) is 15.9. The second-order valence-electron chi connectivity index (χ2n) is 6.26. The number of aromatic nitrogens is 1. The molecule has 114 valence electrons. The molecule has 1 aromatic heterocycles. The van der Waals surface area contributed by atoms with Crippen molar-refractivity contribution in [3.8, 4) is 0 Å². The van der Waals surface area contributed by atoms with Crippen LogP contribution in [0.5, 0.6) is 0 Å². The zero-order chi connectivity index (χ0) is 14.5. The molecular weight excluding hydrogens is 270 g/mol. The molecule has 4 nitrogen and oxygen atoms in total. The van der Waals surface area contributed by atoms with Gasteiger partial charge >= 0.3 is 0 Å². The van der Waals surface area contributed by atoms with Crippen LogP contribution in [-0.2, 0) is 13.1 Å². The van der Waals surface area contributed by atoms with E-state index in [9.17, 15) is 0 Å². The molecule has 2 unspecified atom stereocenters. The lowest BCUT2D eigenvalue weighted by Gasteiger charge is -2.33. The van der Waals surface area contributed by atoms with Gasteiger partial charge in [0.05, 0.1) is 12.2 Å². The van der Waals surface area contributed by atoms with Crippen molar-refractivity contribution in [2.45, 2.75) is 51.3 Å². The second-order valence-corrected chi connectivity index (χ2v) is 8.14. The predicted molar refractivity (Wildman–Crippen MR) is 84.8 cm³/mol. The van der Waals surface area contributed by atoms with Crippen LogP contribution in [0.2, 0.25) is 0 Å². The highest BCUT2D eigenvalue weighted by molar-refractivity contribution is 8.00. The van der Waals surface area contributed by atoms with Gasteiger partial charge in [0.1, 0.15) is 0 Å². The van der Waals surface area contributed by atoms with Crippen molar-refractivity contribution in [2.75, 3.05) is 19.6 Å². The number of nitrogens with zero attached hydrogens (tertiary/aromatic N) is 2. The standard InChI is InChI=1S/C15H27N3OS/c1-11(2)6-16-7-14-5-15(19-17-14)10-18-8-12(3)20-13(4)9-18/h5,11-13,16H,6-10H2,1-4H3. The van der Waals surface area contributed by atoms with Crippen molar-refractivity contribution in [3.05, 3.63) is 17.5 Å². The Hall–Kier alpha value is -0.520. The van der Waals surface area contributed by atoms with E-state index < -0.39 is 0 Å². The summed E-state index contributed by atoms with van der Waals surface area (Å²) in [6.07, 6.45) is 0. The lowest BCUT2D eigenvalue weighted by Crippen LogP contribution is -2.39. The van der Waals surface area contributed by atoms with Crippen LogP contribution in [0.3, 0.4) is 0 Å². The normalized spacial score (nSPS) is 24.4. The average Bonchev–Trinajstić information content (AvgIpc) is 2.74. The summed E-state index contributed by atoms with van der Waals surface area (Å²) in [7, 11) is 0. The Bertz CT molecular complexity index is 398. The van der Waals surface area contributed by atoms with Crippen LogP contribution >= 0.6 is 11.8 Å². The summed E-state index contributed by atoms with van der Waals surface area (Å²) in [6, 6.07) is 2.09. The van der Waals surface area contributed by atoms with E-state index >= 15 is 0 Å². The van der Waals surface area contributed by atoms with Gasteiger partial charge in [-0.25, -0.2) is 0 Å². The third-order valence-electron chi connectivity index (χ3n) is 3.34. The molecule has 0 spiro atoms. The maximum absolute atomic E-state index is 5.46. The lowest BCUT2D eigenvalue weighted by atomic mass is 10.2. The van der Waals surface area contributed by atoms with Crippen molar-refractivity contribution in [1.82, 2.24) is 15.4 Å². The molecule has 5 heteroatoms. The van der Waals surface area contributed by atoms with E-state index in [1.54, 1.807) is 0 Å². The monoisotopic (exact) mass is 297 g/mol. The van der Waals surface area contributed by atoms with E-state index in [0.29, 0.717) is 16.4 Å². The molecule has 1 aliphatic rings. The smallest absolute Gasteiger partial charge is 0.151 e. The van der Waals surface area contributed by atoms with Gasteiger partial charge in [-0.05, 0) is 12.5 Å². The first-order valence-electron chi connectivity index (χ1n) is 7.56. The Morgan fingerprint density at radius 3 is 2.75 bits per heavy atom. The third-order valence-corrected chi connectivity index (χ3v) is 4.57. The minimum atomic E-state index is 0.662. The molecule has 1 N–H and O–H groups in total. The highest BCUT2D eigenvalue weighted by atomic mass is 32.2. The molecule has 0 bridgehead atoms. The molecule has 1 saturated heterocycles. The molecule has 2 heterocycles. The van der Waals surface area contributed by atoms with E-state index in [1.165, 1.54) is 0 Å². The van der Waals surface area contributed by atoms with E-state index in [4.69, 9.17) is 4.52 Å². The number of nitrogens with one attached hydrogen (secondary N) is 1. The fraction of sp³-hybridized carbons (Fsp3) is 0.800. The van der Waals surface area contributed by atoms with Gasteiger partial charge in [-0.15, -0.1) is 0 Å². The number of thioether (sulfide) groups is 1. The molecule has 20 heavy (non-hydrogen) atoms. The third kappa shape index (κ3) is 5.11. The van der Waals surface area contributed by atoms with Gasteiger partial charge in [0.2, 0.25) is 0 Å². The molecule has 1 aliphatic heterocycles. The molecule has 2 atom stereocenters. The second kappa shape index (κ2) is 7.48. The van der Waals surface area contributed by atoms with Gasteiger partial charge in [0.25, 0.3) is 0 Å². The van der Waals surface area contributed by atoms with Crippen molar-refractivity contribution in [1.29, 1.82) is 0 Å². The van der Waals surface area contributed by atoms with Crippen molar-refractivity contribution in [3.63, 3.8) is 0 Å². The van der Waals surface area contributed by atoms with Gasteiger partial charge in [0, 0.05) is 36.2 Å². The zero-order valence-electron chi connectivity index (χ0n) is 13.1. The molecular formula is C15H27N3OS. The fourth-order valence-electron chi connectivity index (χ4n) is 2.64. The van der Waals surface area contributed by atoms with E-state index in [-0.39, 0.29) is 0 Å². The first-order valence-corrected chi connectivity index (χ1v) is 8.50. The van der Waals surface area contributed by atoms with E-state index in [0.717, 1.165) is 44.2 Å². The van der Waals surface area contributed by atoms with Crippen LogP contribution in [0.25, 0.3) is 0 Å². The van der Waals surface area contributed by atoms with Crippen LogP contribution in [0.4, 0.5) is 0 Å². The Morgan fingerprint density at radius 2 is 2.10 bits per heavy atom. The maximum Gasteiger partial charge on any atom is 0.151 e. The highest BCUT2D eigenvalue weighted by Crippen LogP contribution is 2.25. The topological polar surface area (TPSA) is 41.3 Å². The van der Waals surface area contributed by atoms with Crippen molar-refractivity contribution < 1.29 is 4.52 Å². The summed E-state index contributed by atoms with van der Waals surface area (Å²) in [5.41, 5.74) is 1.01. The van der Waals surface area contributed by atoms with Crippen LogP contribution in [0.15, 0.2) is 10.6 Å². The minimum absolute atomic E-state index is 0.662. The molecule has 0 amide bonds. The van der Waals surface area contributed by atoms with E-state index in [1.807, 2.05) is 0 Å². The van der Waals surface area contributed by atoms with Crippen LogP contribution < -0.4 is 5.32 Å². The van der Waals surface area contributed by atoms with Crippen molar-refractivity contribution in [2.24, 2.45) is 5.92 Å². The fourth-order valence-corrected chi connectivity index (χ4v) is 4.02. The van der Waals surface area contributed by atoms with Crippen LogP contribution in [0.1, 0.15) is 39.1 Å². The Kier molecular flexibility index (Phi) is 5.93. The number of rotatable bonds is 6. The van der Waals surface area contributed by atoms with Gasteiger partial charge in [-0.2, -0.15) is 11.8 Å². The molecule has 0 saturated carbocycles. The Labute approximate surface area is 126 Å². The lowest BCUT2D eigenvalue weighted by molar-refractivity contribution is 0.228. The molecule has 0 radical (unpaired) electrons. The predicted octanol–water partition coefficient (Wildman–Crippen LogP) is 2.75. The summed E-state index contributed by atoms with van der Waals surface area (Å²) in [5, 5.41) is 8.95. The van der Waals surface area contributed by atoms with Crippen molar-refractivity contribution >= 4 is 11.8 Å². The van der Waals surface area contributed by atoms with Gasteiger partial charge < -0.3 is 9.84 Å². The number of hydrogen-bond acceptors (Lipinski definition) is 5. The van der Waals surface area contributed by atoms with Gasteiger partial charge in [0.15, 0.2) is 5.76 Å². The maximum atomic E-state index is 5.46. The summed E-state index contributed by atoms with van der Waals surface area (Å²) >= 11 is 2.08. The van der Waals surface area contributed by atoms with Crippen LogP contribution in [-0.4, -0.2) is 40.2 Å². The van der Waals surface area contributed by atoms with Crippen LogP contribution in [0, 0.1) is 5.92 Å². The average molecular weight is 297 g/mol. The molecule has 2 rings (SSSR count). The molecule has 1 aromatic rings.